The third-order valence-electron chi connectivity index (χ3n) is 3.21. The minimum atomic E-state index is -0.663. The van der Waals surface area contributed by atoms with Gasteiger partial charge in [-0.25, -0.2) is 4.39 Å². The highest BCUT2D eigenvalue weighted by Gasteiger charge is 2.18. The van der Waals surface area contributed by atoms with Gasteiger partial charge in [-0.15, -0.1) is 0 Å². The third-order valence-corrected chi connectivity index (χ3v) is 3.21. The van der Waals surface area contributed by atoms with Crippen LogP contribution in [0.5, 0.6) is 0 Å². The summed E-state index contributed by atoms with van der Waals surface area (Å²) >= 11 is 0. The van der Waals surface area contributed by atoms with Crippen LogP contribution in [0.3, 0.4) is 0 Å². The van der Waals surface area contributed by atoms with Gasteiger partial charge in [0, 0.05) is 25.7 Å². The summed E-state index contributed by atoms with van der Waals surface area (Å²) in [5, 5.41) is 13.6. The van der Waals surface area contributed by atoms with E-state index in [2.05, 4.69) is 5.32 Å². The van der Waals surface area contributed by atoms with E-state index in [1.807, 2.05) is 13.8 Å². The van der Waals surface area contributed by atoms with Crippen LogP contribution in [-0.4, -0.2) is 34.9 Å². The zero-order chi connectivity index (χ0) is 16.0. The molecule has 21 heavy (non-hydrogen) atoms. The molecule has 1 N–H and O–H groups in total. The monoisotopic (exact) mass is 297 g/mol. The highest BCUT2D eigenvalue weighted by molar-refractivity contribution is 5.81. The van der Waals surface area contributed by atoms with Crippen LogP contribution in [0.2, 0.25) is 0 Å². The van der Waals surface area contributed by atoms with Crippen molar-refractivity contribution in [3.8, 4) is 0 Å². The Bertz CT molecular complexity index is 518. The van der Waals surface area contributed by atoms with Crippen LogP contribution in [0, 0.1) is 15.9 Å². The Morgan fingerprint density at radius 2 is 2.00 bits per heavy atom. The second-order valence-corrected chi connectivity index (χ2v) is 4.69. The number of carbonyl (C=O) groups is 1. The molecular formula is C14H20FN3O3. The number of nitrogens with zero attached hydrogens (tertiary/aromatic N) is 2. The van der Waals surface area contributed by atoms with Gasteiger partial charge in [-0.05, 0) is 32.4 Å². The lowest BCUT2D eigenvalue weighted by molar-refractivity contribution is -0.385. The highest BCUT2D eigenvalue weighted by Crippen LogP contribution is 2.16. The van der Waals surface area contributed by atoms with Crippen molar-refractivity contribution in [1.82, 2.24) is 10.2 Å². The van der Waals surface area contributed by atoms with Crippen LogP contribution in [0.1, 0.15) is 26.3 Å². The maximum atomic E-state index is 13.3. The van der Waals surface area contributed by atoms with Gasteiger partial charge in [0.05, 0.1) is 17.0 Å². The van der Waals surface area contributed by atoms with Crippen LogP contribution in [0.15, 0.2) is 18.2 Å². The SMILES string of the molecule is CCN(CC)C(=O)C(C)NCc1cc(F)cc([N+](=O)[O-])c1. The average molecular weight is 297 g/mol. The zero-order valence-corrected chi connectivity index (χ0v) is 12.4. The Hall–Kier alpha value is -2.02. The molecule has 0 heterocycles. The summed E-state index contributed by atoms with van der Waals surface area (Å²) in [6.45, 7) is 6.93. The van der Waals surface area contributed by atoms with Crippen LogP contribution < -0.4 is 5.32 Å². The van der Waals surface area contributed by atoms with Crippen molar-refractivity contribution >= 4 is 11.6 Å². The lowest BCUT2D eigenvalue weighted by atomic mass is 10.1. The van der Waals surface area contributed by atoms with E-state index < -0.39 is 16.8 Å². The van der Waals surface area contributed by atoms with Gasteiger partial charge in [0.2, 0.25) is 5.91 Å². The predicted octanol–water partition coefficient (Wildman–Crippen LogP) is 2.08. The molecular weight excluding hydrogens is 277 g/mol. The van der Waals surface area contributed by atoms with Gasteiger partial charge < -0.3 is 10.2 Å². The Morgan fingerprint density at radius 1 is 1.38 bits per heavy atom. The first-order valence-corrected chi connectivity index (χ1v) is 6.85. The van der Waals surface area contributed by atoms with Gasteiger partial charge >= 0.3 is 0 Å². The number of halogens is 1. The number of benzene rings is 1. The smallest absolute Gasteiger partial charge is 0.272 e. The second kappa shape index (κ2) is 7.68. The van der Waals surface area contributed by atoms with Gasteiger partial charge in [-0.2, -0.15) is 0 Å². The molecule has 0 saturated carbocycles. The van der Waals surface area contributed by atoms with Crippen LogP contribution in [-0.2, 0) is 11.3 Å². The van der Waals surface area contributed by atoms with E-state index in [4.69, 9.17) is 0 Å². The number of amides is 1. The Balaban J connectivity index is 2.70. The van der Waals surface area contributed by atoms with Gasteiger partial charge in [0.15, 0.2) is 0 Å². The number of carbonyl (C=O) groups excluding carboxylic acids is 1. The first-order chi connectivity index (χ1) is 9.88. The van der Waals surface area contributed by atoms with E-state index in [1.165, 1.54) is 12.1 Å². The number of non-ortho nitro benzene ring substituents is 1. The minimum absolute atomic E-state index is 0.0501. The van der Waals surface area contributed by atoms with Crippen molar-refractivity contribution in [2.75, 3.05) is 13.1 Å². The van der Waals surface area contributed by atoms with Crippen molar-refractivity contribution < 1.29 is 14.1 Å². The van der Waals surface area contributed by atoms with E-state index in [0.29, 0.717) is 18.7 Å². The van der Waals surface area contributed by atoms with E-state index in [-0.39, 0.29) is 18.1 Å². The first-order valence-electron chi connectivity index (χ1n) is 6.85. The van der Waals surface area contributed by atoms with Gasteiger partial charge in [-0.1, -0.05) is 0 Å². The molecule has 116 valence electrons. The maximum Gasteiger partial charge on any atom is 0.272 e. The number of rotatable bonds is 7. The molecule has 1 aromatic rings. The minimum Gasteiger partial charge on any atom is -0.342 e. The van der Waals surface area contributed by atoms with E-state index in [0.717, 1.165) is 6.07 Å². The fraction of sp³-hybridized carbons (Fsp3) is 0.500. The summed E-state index contributed by atoms with van der Waals surface area (Å²) in [5.41, 5.74) is 0.135. The van der Waals surface area contributed by atoms with E-state index in [1.54, 1.807) is 11.8 Å². The predicted molar refractivity (Wildman–Crippen MR) is 77.3 cm³/mol. The van der Waals surface area contributed by atoms with Crippen molar-refractivity contribution in [3.63, 3.8) is 0 Å². The van der Waals surface area contributed by atoms with Crippen molar-refractivity contribution in [2.45, 2.75) is 33.4 Å². The first kappa shape index (κ1) is 17.0. The summed E-state index contributed by atoms with van der Waals surface area (Å²) in [7, 11) is 0. The van der Waals surface area contributed by atoms with Gasteiger partial charge in [0.25, 0.3) is 5.69 Å². The topological polar surface area (TPSA) is 75.5 Å². The Morgan fingerprint density at radius 3 is 2.52 bits per heavy atom. The molecule has 0 spiro atoms. The molecule has 0 saturated heterocycles. The van der Waals surface area contributed by atoms with Crippen molar-refractivity contribution in [2.24, 2.45) is 0 Å². The quantitative estimate of drug-likeness (QED) is 0.617. The lowest BCUT2D eigenvalue weighted by Crippen LogP contribution is -2.44. The molecule has 1 amide bonds. The fourth-order valence-electron chi connectivity index (χ4n) is 2.01. The molecule has 1 unspecified atom stereocenters. The molecule has 0 bridgehead atoms. The second-order valence-electron chi connectivity index (χ2n) is 4.69. The zero-order valence-electron chi connectivity index (χ0n) is 12.4. The Labute approximate surface area is 123 Å². The summed E-state index contributed by atoms with van der Waals surface area (Å²) < 4.78 is 13.3. The maximum absolute atomic E-state index is 13.3. The molecule has 0 aliphatic heterocycles. The van der Waals surface area contributed by atoms with Crippen LogP contribution in [0.25, 0.3) is 0 Å². The number of hydrogen-bond acceptors (Lipinski definition) is 4. The molecule has 1 rings (SSSR count). The van der Waals surface area contributed by atoms with Gasteiger partial charge in [0.1, 0.15) is 5.82 Å². The number of nitrogens with one attached hydrogen (secondary N) is 1. The molecule has 0 aliphatic carbocycles. The highest BCUT2D eigenvalue weighted by atomic mass is 19.1. The van der Waals surface area contributed by atoms with Crippen molar-refractivity contribution in [1.29, 1.82) is 0 Å². The van der Waals surface area contributed by atoms with E-state index in [9.17, 15) is 19.3 Å². The van der Waals surface area contributed by atoms with Crippen molar-refractivity contribution in [3.05, 3.63) is 39.7 Å². The molecule has 6 nitrogen and oxygen atoms in total. The van der Waals surface area contributed by atoms with Gasteiger partial charge in [-0.3, -0.25) is 14.9 Å². The summed E-state index contributed by atoms with van der Waals surface area (Å²) in [4.78, 5) is 23.8. The number of likely N-dealkylation sites (N-methyl/N-ethyl adjacent to an activating group) is 1. The lowest BCUT2D eigenvalue weighted by Gasteiger charge is -2.23. The summed E-state index contributed by atoms with van der Waals surface area (Å²) in [6.07, 6.45) is 0. The molecule has 1 atom stereocenters. The molecule has 0 radical (unpaired) electrons. The number of nitro groups is 1. The van der Waals surface area contributed by atoms with E-state index >= 15 is 0 Å². The number of nitro benzene ring substituents is 1. The third kappa shape index (κ3) is 4.78. The average Bonchev–Trinajstić information content (AvgIpc) is 2.45. The molecule has 0 aliphatic rings. The largest absolute Gasteiger partial charge is 0.342 e. The van der Waals surface area contributed by atoms with Crippen LogP contribution >= 0.6 is 0 Å². The molecule has 7 heteroatoms. The Kier molecular flexibility index (Phi) is 6.23. The number of hydrogen-bond donors (Lipinski definition) is 1. The standard InChI is InChI=1S/C14H20FN3O3/c1-4-17(5-2)14(19)10(3)16-9-11-6-12(15)8-13(7-11)18(20)21/h6-8,10,16H,4-5,9H2,1-3H3. The molecule has 1 aromatic carbocycles. The molecule has 0 fully saturated rings. The molecule has 0 aromatic heterocycles. The summed E-state index contributed by atoms with van der Waals surface area (Å²) in [6, 6.07) is 2.94. The summed E-state index contributed by atoms with van der Waals surface area (Å²) in [5.74, 6) is -0.713. The fourth-order valence-corrected chi connectivity index (χ4v) is 2.01. The normalized spacial score (nSPS) is 12.0. The van der Waals surface area contributed by atoms with Crippen LogP contribution in [0.4, 0.5) is 10.1 Å².